The number of amides is 1. The average Bonchev–Trinajstić information content (AvgIpc) is 3.19. The fourth-order valence-electron chi connectivity index (χ4n) is 3.05. The minimum Gasteiger partial charge on any atom is -0.420 e. The highest BCUT2D eigenvalue weighted by molar-refractivity contribution is 5.93. The summed E-state index contributed by atoms with van der Waals surface area (Å²) < 4.78 is 5.83. The normalized spacial score (nSPS) is 17.3. The fourth-order valence-corrected chi connectivity index (χ4v) is 3.05. The van der Waals surface area contributed by atoms with E-state index in [9.17, 15) is 4.79 Å². The summed E-state index contributed by atoms with van der Waals surface area (Å²) in [5.41, 5.74) is 1.28. The molecule has 1 aliphatic rings. The second kappa shape index (κ2) is 6.99. The van der Waals surface area contributed by atoms with Crippen LogP contribution >= 0.6 is 0 Å². The molecule has 1 aliphatic heterocycles. The maximum absolute atomic E-state index is 12.6. The molecule has 26 heavy (non-hydrogen) atoms. The molecular formula is C18H18N6O2. The molecule has 3 aromatic heterocycles. The van der Waals surface area contributed by atoms with Crippen molar-refractivity contribution in [3.05, 3.63) is 54.2 Å². The third-order valence-corrected chi connectivity index (χ3v) is 4.43. The van der Waals surface area contributed by atoms with Gasteiger partial charge in [-0.3, -0.25) is 9.78 Å². The first-order valence-corrected chi connectivity index (χ1v) is 8.52. The van der Waals surface area contributed by atoms with Crippen LogP contribution < -0.4 is 0 Å². The lowest BCUT2D eigenvalue weighted by molar-refractivity contribution is 0.0698. The van der Waals surface area contributed by atoms with E-state index in [1.165, 1.54) is 0 Å². The molecule has 0 saturated carbocycles. The van der Waals surface area contributed by atoms with Crippen LogP contribution in [-0.4, -0.2) is 49.0 Å². The minimum atomic E-state index is -0.0190. The molecule has 8 nitrogen and oxygen atoms in total. The van der Waals surface area contributed by atoms with Crippen LogP contribution in [0.15, 0.2) is 41.3 Å². The average molecular weight is 350 g/mol. The topological polar surface area (TPSA) is 97.9 Å². The number of aromatic nitrogens is 5. The quantitative estimate of drug-likeness (QED) is 0.714. The summed E-state index contributed by atoms with van der Waals surface area (Å²) in [6.45, 7) is 3.09. The number of rotatable bonds is 3. The first-order valence-electron chi connectivity index (χ1n) is 8.52. The first-order chi connectivity index (χ1) is 12.7. The van der Waals surface area contributed by atoms with Gasteiger partial charge in [0.2, 0.25) is 5.89 Å². The van der Waals surface area contributed by atoms with E-state index in [2.05, 4.69) is 25.1 Å². The fraction of sp³-hybridized carbons (Fsp3) is 0.333. The zero-order valence-electron chi connectivity index (χ0n) is 14.4. The summed E-state index contributed by atoms with van der Waals surface area (Å²) in [4.78, 5) is 26.8. The standard InChI is InChI=1S/C18H18N6O2/c1-12-20-9-15(10-21-12)17-23-22-16(26-17)14-5-3-7-24(11-14)18(25)13-4-2-6-19-8-13/h2,4,6,8-10,14H,3,5,7,11H2,1H3. The van der Waals surface area contributed by atoms with Gasteiger partial charge in [-0.1, -0.05) is 0 Å². The molecule has 1 unspecified atom stereocenters. The summed E-state index contributed by atoms with van der Waals surface area (Å²) in [7, 11) is 0. The maximum atomic E-state index is 12.6. The molecule has 0 aromatic carbocycles. The summed E-state index contributed by atoms with van der Waals surface area (Å²) in [5, 5.41) is 8.29. The maximum Gasteiger partial charge on any atom is 0.255 e. The van der Waals surface area contributed by atoms with Crippen molar-refractivity contribution in [1.29, 1.82) is 0 Å². The van der Waals surface area contributed by atoms with Crippen LogP contribution in [-0.2, 0) is 0 Å². The van der Waals surface area contributed by atoms with Crippen LogP contribution in [0.1, 0.15) is 40.8 Å². The van der Waals surface area contributed by atoms with Crippen molar-refractivity contribution in [1.82, 2.24) is 30.0 Å². The molecule has 1 amide bonds. The molecule has 0 aliphatic carbocycles. The van der Waals surface area contributed by atoms with E-state index in [1.807, 2.05) is 11.8 Å². The Morgan fingerprint density at radius 2 is 2.08 bits per heavy atom. The number of carbonyl (C=O) groups excluding carboxylic acids is 1. The number of piperidine rings is 1. The molecule has 8 heteroatoms. The Labute approximate surface area is 150 Å². The molecule has 0 radical (unpaired) electrons. The Morgan fingerprint density at radius 1 is 1.23 bits per heavy atom. The van der Waals surface area contributed by atoms with Gasteiger partial charge in [0, 0.05) is 37.9 Å². The van der Waals surface area contributed by atoms with E-state index >= 15 is 0 Å². The highest BCUT2D eigenvalue weighted by Crippen LogP contribution is 2.28. The first kappa shape index (κ1) is 16.3. The summed E-state index contributed by atoms with van der Waals surface area (Å²) in [5.74, 6) is 1.64. The van der Waals surface area contributed by atoms with Gasteiger partial charge in [-0.15, -0.1) is 10.2 Å². The van der Waals surface area contributed by atoms with Crippen molar-refractivity contribution in [3.8, 4) is 11.5 Å². The molecule has 4 rings (SSSR count). The van der Waals surface area contributed by atoms with E-state index in [0.29, 0.717) is 35.3 Å². The van der Waals surface area contributed by atoms with Crippen molar-refractivity contribution in [2.45, 2.75) is 25.7 Å². The van der Waals surface area contributed by atoms with Crippen LogP contribution in [0.3, 0.4) is 0 Å². The number of likely N-dealkylation sites (tertiary alicyclic amines) is 1. The zero-order valence-corrected chi connectivity index (χ0v) is 14.4. The van der Waals surface area contributed by atoms with Crippen molar-refractivity contribution in [2.24, 2.45) is 0 Å². The number of carbonyl (C=O) groups is 1. The lowest BCUT2D eigenvalue weighted by Gasteiger charge is -2.31. The highest BCUT2D eigenvalue weighted by Gasteiger charge is 2.29. The Kier molecular flexibility index (Phi) is 4.39. The zero-order chi connectivity index (χ0) is 17.9. The number of pyridine rings is 1. The predicted molar refractivity (Wildman–Crippen MR) is 92.2 cm³/mol. The van der Waals surface area contributed by atoms with Crippen molar-refractivity contribution in [3.63, 3.8) is 0 Å². The molecule has 1 fully saturated rings. The van der Waals surface area contributed by atoms with Crippen LogP contribution in [0.2, 0.25) is 0 Å². The van der Waals surface area contributed by atoms with Crippen LogP contribution in [0.5, 0.6) is 0 Å². The third-order valence-electron chi connectivity index (χ3n) is 4.43. The van der Waals surface area contributed by atoms with Gasteiger partial charge in [-0.2, -0.15) is 0 Å². The predicted octanol–water partition coefficient (Wildman–Crippen LogP) is 2.25. The second-order valence-electron chi connectivity index (χ2n) is 6.30. The summed E-state index contributed by atoms with van der Waals surface area (Å²) in [6.07, 6.45) is 8.38. The van der Waals surface area contributed by atoms with Crippen LogP contribution in [0.4, 0.5) is 0 Å². The SMILES string of the molecule is Cc1ncc(-c2nnc(C3CCCN(C(=O)c4cccnc4)C3)o2)cn1. The van der Waals surface area contributed by atoms with Gasteiger partial charge in [0.05, 0.1) is 17.0 Å². The number of hydrogen-bond donors (Lipinski definition) is 0. The minimum absolute atomic E-state index is 0.0190. The smallest absolute Gasteiger partial charge is 0.255 e. The Bertz CT molecular complexity index is 894. The molecular weight excluding hydrogens is 332 g/mol. The van der Waals surface area contributed by atoms with E-state index in [0.717, 1.165) is 19.4 Å². The molecule has 132 valence electrons. The number of hydrogen-bond acceptors (Lipinski definition) is 7. The van der Waals surface area contributed by atoms with Crippen molar-refractivity contribution >= 4 is 5.91 Å². The van der Waals surface area contributed by atoms with Crippen molar-refractivity contribution < 1.29 is 9.21 Å². The van der Waals surface area contributed by atoms with Gasteiger partial charge < -0.3 is 9.32 Å². The molecule has 0 bridgehead atoms. The van der Waals surface area contributed by atoms with E-state index < -0.39 is 0 Å². The van der Waals surface area contributed by atoms with Gasteiger partial charge in [0.1, 0.15) is 5.82 Å². The van der Waals surface area contributed by atoms with Crippen LogP contribution in [0.25, 0.3) is 11.5 Å². The van der Waals surface area contributed by atoms with E-state index in [1.54, 1.807) is 36.9 Å². The van der Waals surface area contributed by atoms with Crippen molar-refractivity contribution in [2.75, 3.05) is 13.1 Å². The van der Waals surface area contributed by atoms with Crippen LogP contribution in [0, 0.1) is 6.92 Å². The lowest BCUT2D eigenvalue weighted by Crippen LogP contribution is -2.39. The van der Waals surface area contributed by atoms with Gasteiger partial charge >= 0.3 is 0 Å². The van der Waals surface area contributed by atoms with Gasteiger partial charge in [0.25, 0.3) is 11.8 Å². The summed E-state index contributed by atoms with van der Waals surface area (Å²) >= 11 is 0. The van der Waals surface area contributed by atoms with E-state index in [4.69, 9.17) is 4.42 Å². The van der Waals surface area contributed by atoms with Gasteiger partial charge in [-0.25, -0.2) is 9.97 Å². The highest BCUT2D eigenvalue weighted by atomic mass is 16.4. The molecule has 1 saturated heterocycles. The Balaban J connectivity index is 1.50. The second-order valence-corrected chi connectivity index (χ2v) is 6.30. The largest absolute Gasteiger partial charge is 0.420 e. The van der Waals surface area contributed by atoms with Gasteiger partial charge in [-0.05, 0) is 31.9 Å². The lowest BCUT2D eigenvalue weighted by atomic mass is 9.97. The number of nitrogens with zero attached hydrogens (tertiary/aromatic N) is 6. The third kappa shape index (κ3) is 3.30. The Morgan fingerprint density at radius 3 is 2.85 bits per heavy atom. The monoisotopic (exact) mass is 350 g/mol. The van der Waals surface area contributed by atoms with E-state index in [-0.39, 0.29) is 11.8 Å². The molecule has 4 heterocycles. The Hall–Kier alpha value is -3.16. The molecule has 3 aromatic rings. The molecule has 0 spiro atoms. The number of aryl methyl sites for hydroxylation is 1. The summed E-state index contributed by atoms with van der Waals surface area (Å²) in [6, 6.07) is 3.55. The van der Waals surface area contributed by atoms with Gasteiger partial charge in [0.15, 0.2) is 0 Å². The molecule has 0 N–H and O–H groups in total. The molecule has 1 atom stereocenters.